The summed E-state index contributed by atoms with van der Waals surface area (Å²) in [6.07, 6.45) is 5.29. The predicted octanol–water partition coefficient (Wildman–Crippen LogP) is 2.91. The first-order valence-electron chi connectivity index (χ1n) is 7.72. The van der Waals surface area contributed by atoms with Crippen molar-refractivity contribution >= 4 is 22.0 Å². The third-order valence-corrected chi connectivity index (χ3v) is 5.41. The Morgan fingerprint density at radius 1 is 0.962 bits per heavy atom. The molecule has 0 fully saturated rings. The van der Waals surface area contributed by atoms with E-state index in [9.17, 15) is 13.2 Å². The van der Waals surface area contributed by atoms with Crippen LogP contribution < -0.4 is 5.48 Å². The topological polar surface area (TPSA) is 88.4 Å². The Bertz CT molecular complexity index is 1040. The van der Waals surface area contributed by atoms with Crippen LogP contribution >= 0.6 is 0 Å². The highest BCUT2D eigenvalue weighted by atomic mass is 32.2. The van der Waals surface area contributed by atoms with E-state index in [-0.39, 0.29) is 4.90 Å². The van der Waals surface area contributed by atoms with Gasteiger partial charge in [-0.15, -0.1) is 0 Å². The first kappa shape index (κ1) is 17.7. The van der Waals surface area contributed by atoms with E-state index in [0.717, 1.165) is 21.2 Å². The van der Waals surface area contributed by atoms with Crippen LogP contribution in [0.5, 0.6) is 0 Å². The number of hydrogen-bond donors (Lipinski definition) is 2. The minimum atomic E-state index is -3.73. The molecule has 132 valence electrons. The monoisotopic (exact) mass is 368 g/mol. The molecule has 0 aliphatic heterocycles. The molecule has 0 spiro atoms. The fraction of sp³-hybridized carbons (Fsp3) is 0. The van der Waals surface area contributed by atoms with Gasteiger partial charge < -0.3 is 0 Å². The van der Waals surface area contributed by atoms with Crippen LogP contribution in [0.15, 0.2) is 84.0 Å². The molecule has 0 aliphatic carbocycles. The second-order valence-electron chi connectivity index (χ2n) is 5.48. The number of carbonyl (C=O) groups is 1. The molecular formula is C19H16N2O4S. The lowest BCUT2D eigenvalue weighted by atomic mass is 10.1. The highest BCUT2D eigenvalue weighted by molar-refractivity contribution is 7.90. The van der Waals surface area contributed by atoms with Crippen LogP contribution in [0.25, 0.3) is 17.2 Å². The van der Waals surface area contributed by atoms with Crippen molar-refractivity contribution in [2.45, 2.75) is 4.90 Å². The molecule has 2 aromatic carbocycles. The van der Waals surface area contributed by atoms with Crippen LogP contribution in [0.1, 0.15) is 5.56 Å². The molecule has 6 nitrogen and oxygen atoms in total. The van der Waals surface area contributed by atoms with Crippen LogP contribution in [-0.2, 0) is 14.8 Å². The molecule has 2 N–H and O–H groups in total. The third kappa shape index (κ3) is 3.74. The Labute approximate surface area is 151 Å². The fourth-order valence-electron chi connectivity index (χ4n) is 2.42. The molecule has 0 unspecified atom stereocenters. The summed E-state index contributed by atoms with van der Waals surface area (Å²) in [5.74, 6) is -0.697. The van der Waals surface area contributed by atoms with Crippen LogP contribution in [-0.4, -0.2) is 23.5 Å². The zero-order valence-corrected chi connectivity index (χ0v) is 14.4. The van der Waals surface area contributed by atoms with Crippen molar-refractivity contribution in [3.8, 4) is 11.1 Å². The number of benzene rings is 2. The highest BCUT2D eigenvalue weighted by Gasteiger charge is 2.16. The maximum absolute atomic E-state index is 12.7. The molecule has 3 aromatic rings. The zero-order valence-electron chi connectivity index (χ0n) is 13.6. The Kier molecular flexibility index (Phi) is 5.01. The predicted molar refractivity (Wildman–Crippen MR) is 97.9 cm³/mol. The SMILES string of the molecule is O=C(/C=C/c1ccn(S(=O)(=O)c2ccc(-c3ccccc3)cc2)c1)NO. The summed E-state index contributed by atoms with van der Waals surface area (Å²) in [5.41, 5.74) is 3.91. The van der Waals surface area contributed by atoms with Gasteiger partial charge in [0.25, 0.3) is 15.9 Å². The molecular weight excluding hydrogens is 352 g/mol. The van der Waals surface area contributed by atoms with E-state index in [1.54, 1.807) is 30.3 Å². The van der Waals surface area contributed by atoms with Gasteiger partial charge in [-0.1, -0.05) is 42.5 Å². The van der Waals surface area contributed by atoms with Crippen LogP contribution in [0.3, 0.4) is 0 Å². The molecule has 0 saturated heterocycles. The van der Waals surface area contributed by atoms with E-state index >= 15 is 0 Å². The van der Waals surface area contributed by atoms with Gasteiger partial charge in [0.1, 0.15) is 0 Å². The van der Waals surface area contributed by atoms with E-state index in [1.165, 1.54) is 23.9 Å². The van der Waals surface area contributed by atoms with Gasteiger partial charge in [-0.2, -0.15) is 0 Å². The molecule has 0 saturated carbocycles. The normalized spacial score (nSPS) is 11.6. The number of aromatic nitrogens is 1. The summed E-state index contributed by atoms with van der Waals surface area (Å²) in [4.78, 5) is 11.1. The molecule has 0 aliphatic rings. The van der Waals surface area contributed by atoms with Gasteiger partial charge in [-0.3, -0.25) is 10.0 Å². The summed E-state index contributed by atoms with van der Waals surface area (Å²) >= 11 is 0. The Morgan fingerprint density at radius 2 is 1.62 bits per heavy atom. The van der Waals surface area contributed by atoms with Crippen molar-refractivity contribution in [2.24, 2.45) is 0 Å². The van der Waals surface area contributed by atoms with Crippen LogP contribution in [0.4, 0.5) is 0 Å². The lowest BCUT2D eigenvalue weighted by molar-refractivity contribution is -0.124. The number of hydroxylamine groups is 1. The van der Waals surface area contributed by atoms with Gasteiger partial charge in [-0.05, 0) is 41.0 Å². The summed E-state index contributed by atoms with van der Waals surface area (Å²) in [7, 11) is -3.73. The summed E-state index contributed by atoms with van der Waals surface area (Å²) in [5, 5.41) is 8.45. The number of nitrogens with one attached hydrogen (secondary N) is 1. The first-order valence-corrected chi connectivity index (χ1v) is 9.16. The van der Waals surface area contributed by atoms with Crippen molar-refractivity contribution in [2.75, 3.05) is 0 Å². The summed E-state index contributed by atoms with van der Waals surface area (Å²) in [6, 6.07) is 17.9. The molecule has 7 heteroatoms. The van der Waals surface area contributed by atoms with E-state index in [0.29, 0.717) is 5.56 Å². The number of carbonyl (C=O) groups excluding carboxylic acids is 1. The summed E-state index contributed by atoms with van der Waals surface area (Å²) in [6.45, 7) is 0. The van der Waals surface area contributed by atoms with E-state index in [4.69, 9.17) is 5.21 Å². The lowest BCUT2D eigenvalue weighted by Gasteiger charge is -2.07. The van der Waals surface area contributed by atoms with Gasteiger partial charge in [0.15, 0.2) is 0 Å². The molecule has 0 atom stereocenters. The number of nitrogens with zero attached hydrogens (tertiary/aromatic N) is 1. The molecule has 0 radical (unpaired) electrons. The molecule has 26 heavy (non-hydrogen) atoms. The second kappa shape index (κ2) is 7.38. The average Bonchev–Trinajstić information content (AvgIpc) is 3.17. The molecule has 3 rings (SSSR count). The second-order valence-corrected chi connectivity index (χ2v) is 7.32. The van der Waals surface area contributed by atoms with Crippen LogP contribution in [0, 0.1) is 0 Å². The molecule has 0 bridgehead atoms. The fourth-order valence-corrected chi connectivity index (χ4v) is 3.63. The van der Waals surface area contributed by atoms with Crippen molar-refractivity contribution in [1.82, 2.24) is 9.45 Å². The number of amides is 1. The smallest absolute Gasteiger partial charge is 0.267 e. The Morgan fingerprint density at radius 3 is 2.27 bits per heavy atom. The van der Waals surface area contributed by atoms with E-state index in [1.807, 2.05) is 30.3 Å². The van der Waals surface area contributed by atoms with Crippen molar-refractivity contribution in [3.63, 3.8) is 0 Å². The summed E-state index contributed by atoms with van der Waals surface area (Å²) < 4.78 is 26.5. The van der Waals surface area contributed by atoms with Gasteiger partial charge in [0.2, 0.25) is 0 Å². The highest BCUT2D eigenvalue weighted by Crippen LogP contribution is 2.22. The largest absolute Gasteiger partial charge is 0.288 e. The van der Waals surface area contributed by atoms with Crippen molar-refractivity contribution in [1.29, 1.82) is 0 Å². The Hall–Kier alpha value is -3.16. The average molecular weight is 368 g/mol. The maximum atomic E-state index is 12.7. The minimum absolute atomic E-state index is 0.163. The first-order chi connectivity index (χ1) is 12.5. The number of rotatable bonds is 5. The van der Waals surface area contributed by atoms with E-state index in [2.05, 4.69) is 0 Å². The molecule has 1 aromatic heterocycles. The third-order valence-electron chi connectivity index (χ3n) is 3.76. The van der Waals surface area contributed by atoms with Gasteiger partial charge in [0, 0.05) is 18.5 Å². The zero-order chi connectivity index (χ0) is 18.6. The quantitative estimate of drug-likeness (QED) is 0.412. The standard InChI is InChI=1S/C19H16N2O4S/c22-19(20-23)11-6-15-12-13-21(14-15)26(24,25)18-9-7-17(8-10-18)16-4-2-1-3-5-16/h1-14,23H,(H,20,22)/b11-6+. The molecule has 1 amide bonds. The lowest BCUT2D eigenvalue weighted by Crippen LogP contribution is -2.14. The van der Waals surface area contributed by atoms with Crippen molar-refractivity contribution < 1.29 is 18.4 Å². The molecule has 1 heterocycles. The Balaban J connectivity index is 1.85. The van der Waals surface area contributed by atoms with Crippen LogP contribution in [0.2, 0.25) is 0 Å². The number of hydrogen-bond acceptors (Lipinski definition) is 4. The van der Waals surface area contributed by atoms with Gasteiger partial charge in [-0.25, -0.2) is 17.9 Å². The maximum Gasteiger partial charge on any atom is 0.267 e. The van der Waals surface area contributed by atoms with Gasteiger partial charge >= 0.3 is 0 Å². The van der Waals surface area contributed by atoms with Gasteiger partial charge in [0.05, 0.1) is 4.90 Å². The van der Waals surface area contributed by atoms with E-state index < -0.39 is 15.9 Å². The van der Waals surface area contributed by atoms with Crippen molar-refractivity contribution in [3.05, 3.63) is 84.7 Å². The minimum Gasteiger partial charge on any atom is -0.288 e.